The lowest BCUT2D eigenvalue weighted by Gasteiger charge is -2.38. The van der Waals surface area contributed by atoms with Gasteiger partial charge in [0, 0.05) is 10.6 Å². The number of hydrogen-bond acceptors (Lipinski definition) is 3. The van der Waals surface area contributed by atoms with Crippen molar-refractivity contribution in [2.45, 2.75) is 57.6 Å². The molecular formula is C14H20BClNO2. The largest absolute Gasteiger partial charge is 0.432 e. The second kappa shape index (κ2) is 6.13. The van der Waals surface area contributed by atoms with E-state index >= 15 is 0 Å². The zero-order valence-electron chi connectivity index (χ0n) is 11.9. The first kappa shape index (κ1) is 16.3. The van der Waals surface area contributed by atoms with Gasteiger partial charge in [-0.05, 0) is 52.4 Å². The standard InChI is InChI=1S/C14H20BClNO2/c1-13(2,18)14(3,4)19-15-11-7-5-6-10(9-17)8-12(11)16/h6,8,11,18H,5,7H2,1-4H3. The van der Waals surface area contributed by atoms with Crippen LogP contribution in [0.5, 0.6) is 0 Å². The van der Waals surface area contributed by atoms with Crippen molar-refractivity contribution in [1.82, 2.24) is 0 Å². The van der Waals surface area contributed by atoms with E-state index in [0.717, 1.165) is 12.8 Å². The summed E-state index contributed by atoms with van der Waals surface area (Å²) >= 11 is 6.20. The maximum absolute atomic E-state index is 10.0. The number of nitrogens with zero attached hydrogens (tertiary/aromatic N) is 1. The van der Waals surface area contributed by atoms with E-state index < -0.39 is 11.2 Å². The molecule has 1 aliphatic carbocycles. The first-order valence-corrected chi connectivity index (χ1v) is 6.76. The minimum absolute atomic E-state index is 0.0506. The van der Waals surface area contributed by atoms with Gasteiger partial charge in [-0.15, -0.1) is 0 Å². The van der Waals surface area contributed by atoms with Crippen molar-refractivity contribution in [3.63, 3.8) is 0 Å². The highest BCUT2D eigenvalue weighted by atomic mass is 35.5. The molecule has 19 heavy (non-hydrogen) atoms. The molecule has 0 spiro atoms. The molecule has 0 saturated carbocycles. The highest BCUT2D eigenvalue weighted by Crippen LogP contribution is 2.33. The molecule has 0 aromatic heterocycles. The van der Waals surface area contributed by atoms with Gasteiger partial charge in [0.25, 0.3) is 0 Å². The first-order valence-electron chi connectivity index (χ1n) is 6.38. The summed E-state index contributed by atoms with van der Waals surface area (Å²) < 4.78 is 5.72. The molecule has 0 aromatic rings. The van der Waals surface area contributed by atoms with Gasteiger partial charge in [0.1, 0.15) is 0 Å². The highest BCUT2D eigenvalue weighted by Gasteiger charge is 2.36. The van der Waals surface area contributed by atoms with Crippen LogP contribution in [0.25, 0.3) is 0 Å². The molecule has 1 rings (SSSR count). The van der Waals surface area contributed by atoms with Crippen molar-refractivity contribution in [1.29, 1.82) is 5.26 Å². The van der Waals surface area contributed by atoms with Gasteiger partial charge in [-0.2, -0.15) is 5.26 Å². The Kier molecular flexibility index (Phi) is 5.26. The summed E-state index contributed by atoms with van der Waals surface area (Å²) in [4.78, 5) is 0. The third kappa shape index (κ3) is 4.38. The Hall–Kier alpha value is -0.755. The summed E-state index contributed by atoms with van der Waals surface area (Å²) in [6, 6.07) is 2.10. The molecule has 0 aliphatic heterocycles. The summed E-state index contributed by atoms with van der Waals surface area (Å²) in [7, 11) is 1.67. The quantitative estimate of drug-likeness (QED) is 0.804. The van der Waals surface area contributed by atoms with Crippen LogP contribution in [-0.4, -0.2) is 23.8 Å². The van der Waals surface area contributed by atoms with Crippen LogP contribution >= 0.6 is 11.6 Å². The minimum atomic E-state index is -0.958. The van der Waals surface area contributed by atoms with Crippen LogP contribution in [0.2, 0.25) is 5.82 Å². The summed E-state index contributed by atoms with van der Waals surface area (Å²) in [5.74, 6) is -0.0506. The molecule has 103 valence electrons. The second-order valence-electron chi connectivity index (χ2n) is 5.81. The van der Waals surface area contributed by atoms with Gasteiger partial charge < -0.3 is 9.76 Å². The molecular weight excluding hydrogens is 260 g/mol. The van der Waals surface area contributed by atoms with Crippen molar-refractivity contribution in [2.24, 2.45) is 0 Å². The van der Waals surface area contributed by atoms with Crippen LogP contribution in [0, 0.1) is 11.3 Å². The van der Waals surface area contributed by atoms with Crippen LogP contribution in [0.1, 0.15) is 40.5 Å². The highest BCUT2D eigenvalue weighted by molar-refractivity contribution is 6.40. The predicted molar refractivity (Wildman–Crippen MR) is 77.8 cm³/mol. The van der Waals surface area contributed by atoms with E-state index in [2.05, 4.69) is 6.07 Å². The molecule has 0 amide bonds. The van der Waals surface area contributed by atoms with Crippen LogP contribution in [-0.2, 0) is 4.65 Å². The van der Waals surface area contributed by atoms with Crippen molar-refractivity contribution in [3.8, 4) is 6.07 Å². The third-order valence-corrected chi connectivity index (χ3v) is 4.01. The lowest BCUT2D eigenvalue weighted by atomic mass is 9.75. The first-order chi connectivity index (χ1) is 8.67. The molecule has 5 heteroatoms. The smallest absolute Gasteiger partial charge is 0.302 e. The van der Waals surface area contributed by atoms with Crippen LogP contribution in [0.4, 0.5) is 0 Å². The molecule has 1 aliphatic rings. The predicted octanol–water partition coefficient (Wildman–Crippen LogP) is 3.33. The molecule has 0 bridgehead atoms. The second-order valence-corrected chi connectivity index (χ2v) is 6.24. The van der Waals surface area contributed by atoms with Gasteiger partial charge in [0.05, 0.1) is 17.3 Å². The Morgan fingerprint density at radius 2 is 2.11 bits per heavy atom. The van der Waals surface area contributed by atoms with E-state index in [9.17, 15) is 5.11 Å². The van der Waals surface area contributed by atoms with Gasteiger partial charge in [-0.25, -0.2) is 0 Å². The van der Waals surface area contributed by atoms with Gasteiger partial charge in [-0.1, -0.05) is 17.7 Å². The monoisotopic (exact) mass is 280 g/mol. The molecule has 0 heterocycles. The fourth-order valence-electron chi connectivity index (χ4n) is 1.48. The Labute approximate surface area is 121 Å². The van der Waals surface area contributed by atoms with E-state index in [0.29, 0.717) is 10.6 Å². The average Bonchev–Trinajstić information content (AvgIpc) is 2.47. The number of rotatable bonds is 4. The lowest BCUT2D eigenvalue weighted by molar-refractivity contribution is -0.0908. The van der Waals surface area contributed by atoms with E-state index in [-0.39, 0.29) is 5.82 Å². The SMILES string of the molecule is CC(C)(O)C(C)(C)O[B]C1CCC=C(C#N)C=C1Cl. The topological polar surface area (TPSA) is 53.2 Å². The van der Waals surface area contributed by atoms with Crippen molar-refractivity contribution < 1.29 is 9.76 Å². The number of hydrogen-bond donors (Lipinski definition) is 1. The van der Waals surface area contributed by atoms with Gasteiger partial charge in [0.2, 0.25) is 0 Å². The van der Waals surface area contributed by atoms with Crippen molar-refractivity contribution in [2.75, 3.05) is 0 Å². The Balaban J connectivity index is 2.68. The number of halogens is 1. The average molecular weight is 281 g/mol. The van der Waals surface area contributed by atoms with Crippen LogP contribution < -0.4 is 0 Å². The fourth-order valence-corrected chi connectivity index (χ4v) is 1.76. The van der Waals surface area contributed by atoms with E-state index in [1.807, 2.05) is 19.9 Å². The Bertz CT molecular complexity index is 430. The Morgan fingerprint density at radius 1 is 1.47 bits per heavy atom. The molecule has 1 N–H and O–H groups in total. The number of nitriles is 1. The van der Waals surface area contributed by atoms with Gasteiger partial charge >= 0.3 is 7.48 Å². The maximum Gasteiger partial charge on any atom is 0.302 e. The molecule has 1 radical (unpaired) electrons. The molecule has 3 nitrogen and oxygen atoms in total. The molecule has 0 saturated heterocycles. The van der Waals surface area contributed by atoms with E-state index in [1.165, 1.54) is 0 Å². The van der Waals surface area contributed by atoms with Crippen molar-refractivity contribution >= 4 is 19.1 Å². The fraction of sp³-hybridized carbons (Fsp3) is 0.643. The van der Waals surface area contributed by atoms with E-state index in [4.69, 9.17) is 21.5 Å². The van der Waals surface area contributed by atoms with Gasteiger partial charge in [0.15, 0.2) is 0 Å². The summed E-state index contributed by atoms with van der Waals surface area (Å²) in [5.41, 5.74) is -1.08. The van der Waals surface area contributed by atoms with Gasteiger partial charge in [-0.3, -0.25) is 0 Å². The lowest BCUT2D eigenvalue weighted by Crippen LogP contribution is -2.48. The molecule has 0 fully saturated rings. The number of aliphatic hydroxyl groups is 1. The summed E-state index contributed by atoms with van der Waals surface area (Å²) in [6.07, 6.45) is 5.12. The van der Waals surface area contributed by atoms with E-state index in [1.54, 1.807) is 27.4 Å². The normalized spacial score (nSPS) is 21.0. The molecule has 1 unspecified atom stereocenters. The minimum Gasteiger partial charge on any atom is -0.432 e. The van der Waals surface area contributed by atoms with Crippen LogP contribution in [0.3, 0.4) is 0 Å². The zero-order chi connectivity index (χ0) is 14.7. The third-order valence-electron chi connectivity index (χ3n) is 3.62. The number of allylic oxidation sites excluding steroid dienone is 4. The molecule has 1 atom stereocenters. The zero-order valence-corrected chi connectivity index (χ0v) is 12.7. The van der Waals surface area contributed by atoms with Crippen molar-refractivity contribution in [3.05, 3.63) is 22.8 Å². The molecule has 0 aromatic carbocycles. The maximum atomic E-state index is 10.0. The summed E-state index contributed by atoms with van der Waals surface area (Å²) in [6.45, 7) is 7.08. The van der Waals surface area contributed by atoms with Crippen LogP contribution in [0.15, 0.2) is 22.8 Å². The Morgan fingerprint density at radius 3 is 2.63 bits per heavy atom. The summed E-state index contributed by atoms with van der Waals surface area (Å²) in [5, 5.41) is 19.5.